The largest absolute Gasteiger partial charge is 0.507 e. The fourth-order valence-corrected chi connectivity index (χ4v) is 14.8. The van der Waals surface area contributed by atoms with Crippen LogP contribution < -0.4 is 18.9 Å². The van der Waals surface area contributed by atoms with Gasteiger partial charge in [0.2, 0.25) is 0 Å². The van der Waals surface area contributed by atoms with Gasteiger partial charge < -0.3 is 39.4 Å². The molecule has 0 amide bonds. The van der Waals surface area contributed by atoms with Gasteiger partial charge in [0.15, 0.2) is 0 Å². The average Bonchev–Trinajstić information content (AvgIpc) is 2.72. The number of ether oxygens (including phenoxy) is 4. The summed E-state index contributed by atoms with van der Waals surface area (Å²) in [7, 11) is 0. The number of fused-ring (bicyclic) bond motifs is 8. The number of hydrogen-bond donors (Lipinski definition) is 4. The van der Waals surface area contributed by atoms with Crippen molar-refractivity contribution in [3.8, 4) is 46.0 Å². The van der Waals surface area contributed by atoms with E-state index in [1.165, 1.54) is 0 Å². The van der Waals surface area contributed by atoms with Gasteiger partial charge in [0, 0.05) is 92.4 Å². The predicted molar refractivity (Wildman–Crippen MR) is 332 cm³/mol. The Labute approximate surface area is 496 Å². The molecule has 8 heteroatoms. The Morgan fingerprint density at radius 1 is 0.226 bits per heavy atom. The van der Waals surface area contributed by atoms with E-state index in [0.717, 1.165) is 173 Å². The van der Waals surface area contributed by atoms with Crippen molar-refractivity contribution in [2.75, 3.05) is 0 Å². The van der Waals surface area contributed by atoms with E-state index in [9.17, 15) is 20.4 Å². The molecular formula is C76H80O8. The van der Waals surface area contributed by atoms with Gasteiger partial charge in [-0.25, -0.2) is 0 Å². The van der Waals surface area contributed by atoms with Gasteiger partial charge in [-0.1, -0.05) is 147 Å². The molecule has 0 heterocycles. The highest BCUT2D eigenvalue weighted by atomic mass is 16.5. The molecule has 4 unspecified atom stereocenters. The van der Waals surface area contributed by atoms with E-state index in [4.69, 9.17) is 18.9 Å². The first-order chi connectivity index (χ1) is 41.3. The maximum absolute atomic E-state index is 13.2. The van der Waals surface area contributed by atoms with E-state index in [2.05, 4.69) is 72.8 Å². The maximum Gasteiger partial charge on any atom is 0.127 e. The van der Waals surface area contributed by atoms with Crippen molar-refractivity contribution in [3.05, 3.63) is 237 Å². The molecule has 0 saturated heterocycles. The van der Waals surface area contributed by atoms with Gasteiger partial charge in [-0.05, 0) is 149 Å². The van der Waals surface area contributed by atoms with E-state index >= 15 is 0 Å². The Balaban J connectivity index is 1.18. The number of aromatic hydroxyl groups is 4. The molecule has 8 aromatic carbocycles. The lowest BCUT2D eigenvalue weighted by molar-refractivity contribution is 0.152. The molecule has 5 aliphatic rings. The molecule has 0 radical (unpaired) electrons. The number of phenolic OH excluding ortho intramolecular Hbond substituents is 4. The van der Waals surface area contributed by atoms with Crippen LogP contribution in [0.25, 0.3) is 0 Å². The molecule has 4 fully saturated rings. The molecule has 8 bridgehead atoms. The van der Waals surface area contributed by atoms with E-state index < -0.39 is 23.7 Å². The lowest BCUT2D eigenvalue weighted by atomic mass is 9.75. The SMILES string of the molecule is Oc1cc(OC2CCCCC2)c2cc1C(c1ccccc1)c1cc(c(O)cc1OC1CCCCC1)C(c1ccccc1)c1cc(c(O)cc1OC1CCCCC1)C(c1ccccc1)c1cc(c(O)cc1OC1CCCCC1)C2c1ccccc1. The summed E-state index contributed by atoms with van der Waals surface area (Å²) < 4.78 is 29.0. The summed E-state index contributed by atoms with van der Waals surface area (Å²) in [4.78, 5) is 0. The van der Waals surface area contributed by atoms with Gasteiger partial charge in [-0.15, -0.1) is 0 Å². The summed E-state index contributed by atoms with van der Waals surface area (Å²) in [6.45, 7) is 0. The fraction of sp³-hybridized carbons (Fsp3) is 0.368. The number of phenols is 4. The third-order valence-electron chi connectivity index (χ3n) is 19.0. The van der Waals surface area contributed by atoms with Gasteiger partial charge >= 0.3 is 0 Å². The number of benzene rings is 8. The molecule has 84 heavy (non-hydrogen) atoms. The Morgan fingerprint density at radius 2 is 0.417 bits per heavy atom. The quantitative estimate of drug-likeness (QED) is 0.0956. The van der Waals surface area contributed by atoms with Crippen LogP contribution in [-0.4, -0.2) is 44.8 Å². The standard InChI is InChI=1S/C76H80O8/c77-65-45-70(82-54-35-19-6-20-36-54)62-41-57(65)73(49-25-9-1-10-26-49)61-42-58(66(78)46-69(61)81-53-33-17-5-18-34-53)74(50-27-11-2-12-28-50)63-44-60(68(80)48-71(63)83-55-37-21-7-22-38-55)76(52-31-15-4-16-32-52)64-43-59(75(62)51-29-13-3-14-30-51)67(79)47-72(64)84-56-39-23-8-24-40-56/h1-4,9-16,25-32,41-48,53-56,73-80H,5-8,17-24,33-40H2. The predicted octanol–water partition coefficient (Wildman–Crippen LogP) is 18.4. The van der Waals surface area contributed by atoms with E-state index in [0.29, 0.717) is 45.3 Å². The second kappa shape index (κ2) is 25.2. The third-order valence-corrected chi connectivity index (χ3v) is 19.0. The highest BCUT2D eigenvalue weighted by molar-refractivity contribution is 5.68. The average molecular weight is 1120 g/mol. The molecular weight excluding hydrogens is 1040 g/mol. The first kappa shape index (κ1) is 55.4. The lowest BCUT2D eigenvalue weighted by Crippen LogP contribution is -2.23. The van der Waals surface area contributed by atoms with E-state index in [1.807, 2.05) is 97.1 Å². The van der Waals surface area contributed by atoms with Gasteiger partial charge in [0.05, 0.1) is 24.4 Å². The van der Waals surface area contributed by atoms with Crippen molar-refractivity contribution in [3.63, 3.8) is 0 Å². The lowest BCUT2D eigenvalue weighted by Gasteiger charge is -2.33. The summed E-state index contributed by atoms with van der Waals surface area (Å²) in [5.41, 5.74) is 9.38. The zero-order valence-electron chi connectivity index (χ0n) is 48.3. The second-order valence-electron chi connectivity index (χ2n) is 24.7. The smallest absolute Gasteiger partial charge is 0.127 e. The van der Waals surface area contributed by atoms with Crippen molar-refractivity contribution in [2.24, 2.45) is 0 Å². The van der Waals surface area contributed by atoms with Crippen LogP contribution in [0.5, 0.6) is 46.0 Å². The Bertz CT molecular complexity index is 3040. The molecule has 13 rings (SSSR count). The van der Waals surface area contributed by atoms with Crippen LogP contribution in [0, 0.1) is 0 Å². The second-order valence-corrected chi connectivity index (χ2v) is 24.7. The van der Waals surface area contributed by atoms with Crippen molar-refractivity contribution in [1.29, 1.82) is 0 Å². The van der Waals surface area contributed by atoms with E-state index in [-0.39, 0.29) is 47.4 Å². The first-order valence-corrected chi connectivity index (χ1v) is 31.6. The van der Waals surface area contributed by atoms with Crippen molar-refractivity contribution < 1.29 is 39.4 Å². The van der Waals surface area contributed by atoms with Crippen LogP contribution in [0.3, 0.4) is 0 Å². The third kappa shape index (κ3) is 11.7. The normalized spacial score (nSPS) is 20.9. The molecule has 0 aromatic heterocycles. The molecule has 8 nitrogen and oxygen atoms in total. The van der Waals surface area contributed by atoms with Crippen LogP contribution in [0.1, 0.15) is 219 Å². The fourth-order valence-electron chi connectivity index (χ4n) is 14.8. The Morgan fingerprint density at radius 3 is 0.607 bits per heavy atom. The van der Waals surface area contributed by atoms with Gasteiger partial charge in [0.1, 0.15) is 46.0 Å². The molecule has 5 aliphatic carbocycles. The van der Waals surface area contributed by atoms with Crippen LogP contribution in [0.15, 0.2) is 170 Å². The van der Waals surface area contributed by atoms with Gasteiger partial charge in [-0.3, -0.25) is 0 Å². The topological polar surface area (TPSA) is 118 Å². The summed E-state index contributed by atoms with van der Waals surface area (Å²) in [6.07, 6.45) is 19.8. The summed E-state index contributed by atoms with van der Waals surface area (Å²) in [6, 6.07) is 57.2. The minimum absolute atomic E-state index is 0.0702. The zero-order chi connectivity index (χ0) is 56.9. The molecule has 0 aliphatic heterocycles. The van der Waals surface area contributed by atoms with Gasteiger partial charge in [0.25, 0.3) is 0 Å². The van der Waals surface area contributed by atoms with Crippen molar-refractivity contribution in [1.82, 2.24) is 0 Å². The van der Waals surface area contributed by atoms with Crippen LogP contribution in [-0.2, 0) is 0 Å². The minimum Gasteiger partial charge on any atom is -0.507 e. The zero-order valence-corrected chi connectivity index (χ0v) is 48.3. The van der Waals surface area contributed by atoms with Crippen LogP contribution >= 0.6 is 0 Å². The monoisotopic (exact) mass is 1120 g/mol. The maximum atomic E-state index is 13.2. The number of hydrogen-bond acceptors (Lipinski definition) is 8. The minimum atomic E-state index is -0.640. The first-order valence-electron chi connectivity index (χ1n) is 31.6. The summed E-state index contributed by atoms with van der Waals surface area (Å²) >= 11 is 0. The molecule has 432 valence electrons. The highest BCUT2D eigenvalue weighted by Crippen LogP contribution is 2.55. The summed E-state index contributed by atoms with van der Waals surface area (Å²) in [5, 5.41) is 52.7. The number of rotatable bonds is 12. The Kier molecular flexibility index (Phi) is 16.6. The molecule has 8 aromatic rings. The van der Waals surface area contributed by atoms with E-state index in [1.54, 1.807) is 0 Å². The van der Waals surface area contributed by atoms with Crippen molar-refractivity contribution in [2.45, 2.75) is 177 Å². The van der Waals surface area contributed by atoms with Crippen LogP contribution in [0.4, 0.5) is 0 Å². The van der Waals surface area contributed by atoms with Crippen molar-refractivity contribution >= 4 is 0 Å². The molecule has 4 N–H and O–H groups in total. The highest BCUT2D eigenvalue weighted by Gasteiger charge is 2.38. The molecule has 0 spiro atoms. The van der Waals surface area contributed by atoms with Crippen LogP contribution in [0.2, 0.25) is 0 Å². The van der Waals surface area contributed by atoms with Gasteiger partial charge in [-0.2, -0.15) is 0 Å². The molecule has 4 saturated carbocycles. The summed E-state index contributed by atoms with van der Waals surface area (Å²) in [5.74, 6) is -0.0648. The Hall–Kier alpha value is -7.84. The molecule has 4 atom stereocenters.